The summed E-state index contributed by atoms with van der Waals surface area (Å²) in [6.45, 7) is -0.577. The molecule has 0 aromatic heterocycles. The normalized spacial score (nSPS) is 10.1. The van der Waals surface area contributed by atoms with E-state index in [4.69, 9.17) is 10.5 Å². The number of carbonyl (C=O) groups excluding carboxylic acids is 3. The van der Waals surface area contributed by atoms with Crippen molar-refractivity contribution in [2.75, 3.05) is 11.9 Å². The molecule has 0 bridgehead atoms. The molecule has 0 heterocycles. The Morgan fingerprint density at radius 2 is 1.79 bits per heavy atom. The van der Waals surface area contributed by atoms with Crippen molar-refractivity contribution in [1.29, 1.82) is 0 Å². The van der Waals surface area contributed by atoms with E-state index < -0.39 is 30.2 Å². The number of benzene rings is 2. The Bertz CT molecular complexity index is 793. The standard InChI is InChI=1S/C16H12BrFN2O4/c17-10-3-6-12(13(18)7-10)16(23)24-8-14(21)20-11-4-1-9(2-5-11)15(19)22/h1-7H,8H2,(H2,19,22)(H,20,21). The molecule has 3 N–H and O–H groups in total. The Morgan fingerprint density at radius 3 is 2.38 bits per heavy atom. The van der Waals surface area contributed by atoms with E-state index >= 15 is 0 Å². The highest BCUT2D eigenvalue weighted by Gasteiger charge is 2.15. The summed E-state index contributed by atoms with van der Waals surface area (Å²) < 4.78 is 18.9. The highest BCUT2D eigenvalue weighted by atomic mass is 79.9. The molecule has 0 spiro atoms. The third-order valence-electron chi connectivity index (χ3n) is 2.94. The third kappa shape index (κ3) is 4.63. The van der Waals surface area contributed by atoms with Gasteiger partial charge in [-0.2, -0.15) is 0 Å². The second-order valence-corrected chi connectivity index (χ2v) is 5.61. The molecule has 8 heteroatoms. The first-order chi connectivity index (χ1) is 11.4. The Labute approximate surface area is 144 Å². The summed E-state index contributed by atoms with van der Waals surface area (Å²) >= 11 is 3.07. The number of anilines is 1. The van der Waals surface area contributed by atoms with Gasteiger partial charge < -0.3 is 15.8 Å². The fourth-order valence-electron chi connectivity index (χ4n) is 1.78. The number of nitrogens with one attached hydrogen (secondary N) is 1. The topological polar surface area (TPSA) is 98.5 Å². The van der Waals surface area contributed by atoms with Crippen LogP contribution in [0.1, 0.15) is 20.7 Å². The molecule has 0 aliphatic heterocycles. The van der Waals surface area contributed by atoms with Gasteiger partial charge in [-0.15, -0.1) is 0 Å². The van der Waals surface area contributed by atoms with Crippen molar-refractivity contribution in [3.8, 4) is 0 Å². The molecule has 0 saturated heterocycles. The lowest BCUT2D eigenvalue weighted by Crippen LogP contribution is -2.21. The van der Waals surface area contributed by atoms with Gasteiger partial charge in [0.05, 0.1) is 5.56 Å². The number of hydrogen-bond donors (Lipinski definition) is 2. The Kier molecular flexibility index (Phi) is 5.64. The molecule has 0 saturated carbocycles. The van der Waals surface area contributed by atoms with E-state index in [1.807, 2.05) is 0 Å². The quantitative estimate of drug-likeness (QED) is 0.760. The van der Waals surface area contributed by atoms with Crippen LogP contribution in [0.5, 0.6) is 0 Å². The minimum absolute atomic E-state index is 0.267. The zero-order valence-corrected chi connectivity index (χ0v) is 13.8. The first kappa shape index (κ1) is 17.6. The van der Waals surface area contributed by atoms with Gasteiger partial charge in [0.1, 0.15) is 5.82 Å². The summed E-state index contributed by atoms with van der Waals surface area (Å²) in [5.41, 5.74) is 5.53. The number of ether oxygens (including phenoxy) is 1. The van der Waals surface area contributed by atoms with Crippen molar-refractivity contribution in [1.82, 2.24) is 0 Å². The van der Waals surface area contributed by atoms with Crippen molar-refractivity contribution in [3.05, 3.63) is 63.9 Å². The van der Waals surface area contributed by atoms with Gasteiger partial charge in [-0.05, 0) is 42.5 Å². The third-order valence-corrected chi connectivity index (χ3v) is 3.43. The fraction of sp³-hybridized carbons (Fsp3) is 0.0625. The van der Waals surface area contributed by atoms with Crippen LogP contribution in [0.4, 0.5) is 10.1 Å². The molecule has 6 nitrogen and oxygen atoms in total. The van der Waals surface area contributed by atoms with Crippen LogP contribution in [-0.2, 0) is 9.53 Å². The van der Waals surface area contributed by atoms with Crippen molar-refractivity contribution in [2.24, 2.45) is 5.73 Å². The van der Waals surface area contributed by atoms with Gasteiger partial charge in [0.25, 0.3) is 5.91 Å². The predicted octanol–water partition coefficient (Wildman–Crippen LogP) is 2.48. The highest BCUT2D eigenvalue weighted by molar-refractivity contribution is 9.10. The van der Waals surface area contributed by atoms with Crippen molar-refractivity contribution >= 4 is 39.4 Å². The zero-order chi connectivity index (χ0) is 17.7. The first-order valence-corrected chi connectivity index (χ1v) is 7.48. The van der Waals surface area contributed by atoms with Gasteiger partial charge >= 0.3 is 5.97 Å². The van der Waals surface area contributed by atoms with E-state index in [2.05, 4.69) is 21.2 Å². The summed E-state index contributed by atoms with van der Waals surface area (Å²) in [7, 11) is 0. The van der Waals surface area contributed by atoms with E-state index in [9.17, 15) is 18.8 Å². The van der Waals surface area contributed by atoms with E-state index in [0.717, 1.165) is 6.07 Å². The fourth-order valence-corrected chi connectivity index (χ4v) is 2.11. The number of rotatable bonds is 5. The van der Waals surface area contributed by atoms with Gasteiger partial charge in [0.15, 0.2) is 6.61 Å². The second-order valence-electron chi connectivity index (χ2n) is 4.69. The van der Waals surface area contributed by atoms with Gasteiger partial charge in [0.2, 0.25) is 5.91 Å². The molecule has 2 aromatic carbocycles. The van der Waals surface area contributed by atoms with Crippen LogP contribution in [0.3, 0.4) is 0 Å². The molecule has 0 unspecified atom stereocenters. The number of carbonyl (C=O) groups is 3. The minimum Gasteiger partial charge on any atom is -0.452 e. The molecule has 0 fully saturated rings. The van der Waals surface area contributed by atoms with Crippen molar-refractivity contribution in [2.45, 2.75) is 0 Å². The number of primary amides is 1. The van der Waals surface area contributed by atoms with E-state index in [-0.39, 0.29) is 5.56 Å². The number of hydrogen-bond acceptors (Lipinski definition) is 4. The average Bonchev–Trinajstić information content (AvgIpc) is 2.53. The monoisotopic (exact) mass is 394 g/mol. The smallest absolute Gasteiger partial charge is 0.341 e. The number of halogens is 2. The first-order valence-electron chi connectivity index (χ1n) is 6.68. The largest absolute Gasteiger partial charge is 0.452 e. The maximum absolute atomic E-state index is 13.6. The molecule has 24 heavy (non-hydrogen) atoms. The summed E-state index contributed by atoms with van der Waals surface area (Å²) in [5, 5.41) is 2.47. The average molecular weight is 395 g/mol. The Balaban J connectivity index is 1.90. The van der Waals surface area contributed by atoms with Crippen LogP contribution in [-0.4, -0.2) is 24.4 Å². The number of amides is 2. The number of nitrogens with two attached hydrogens (primary N) is 1. The molecule has 2 amide bonds. The lowest BCUT2D eigenvalue weighted by Gasteiger charge is -2.07. The summed E-state index contributed by atoms with van der Waals surface area (Å²) in [6.07, 6.45) is 0. The van der Waals surface area contributed by atoms with Crippen LogP contribution >= 0.6 is 15.9 Å². The molecule has 0 aliphatic carbocycles. The maximum Gasteiger partial charge on any atom is 0.341 e. The van der Waals surface area contributed by atoms with E-state index in [1.165, 1.54) is 36.4 Å². The van der Waals surface area contributed by atoms with E-state index in [1.54, 1.807) is 0 Å². The van der Waals surface area contributed by atoms with Crippen LogP contribution in [0.25, 0.3) is 0 Å². The molecule has 2 rings (SSSR count). The summed E-state index contributed by atoms with van der Waals surface area (Å²) in [4.78, 5) is 34.4. The Morgan fingerprint density at radius 1 is 1.12 bits per heavy atom. The van der Waals surface area contributed by atoms with Crippen LogP contribution in [0, 0.1) is 5.82 Å². The van der Waals surface area contributed by atoms with Gasteiger partial charge in [0, 0.05) is 15.7 Å². The van der Waals surface area contributed by atoms with Crippen LogP contribution in [0.15, 0.2) is 46.9 Å². The molecular weight excluding hydrogens is 383 g/mol. The van der Waals surface area contributed by atoms with Crippen LogP contribution in [0.2, 0.25) is 0 Å². The van der Waals surface area contributed by atoms with Gasteiger partial charge in [-0.1, -0.05) is 15.9 Å². The molecule has 124 valence electrons. The molecular formula is C16H12BrFN2O4. The molecule has 0 aliphatic rings. The van der Waals surface area contributed by atoms with Gasteiger partial charge in [-0.3, -0.25) is 9.59 Å². The molecule has 2 aromatic rings. The highest BCUT2D eigenvalue weighted by Crippen LogP contribution is 2.16. The van der Waals surface area contributed by atoms with Crippen molar-refractivity contribution in [3.63, 3.8) is 0 Å². The van der Waals surface area contributed by atoms with E-state index in [0.29, 0.717) is 15.7 Å². The predicted molar refractivity (Wildman–Crippen MR) is 88.0 cm³/mol. The second kappa shape index (κ2) is 7.69. The lowest BCUT2D eigenvalue weighted by atomic mass is 10.2. The Hall–Kier alpha value is -2.74. The zero-order valence-electron chi connectivity index (χ0n) is 12.2. The number of esters is 1. The minimum atomic E-state index is -0.945. The molecule has 0 atom stereocenters. The van der Waals surface area contributed by atoms with Crippen molar-refractivity contribution < 1.29 is 23.5 Å². The molecule has 0 radical (unpaired) electrons. The maximum atomic E-state index is 13.6. The lowest BCUT2D eigenvalue weighted by molar-refractivity contribution is -0.119. The SMILES string of the molecule is NC(=O)c1ccc(NC(=O)COC(=O)c2ccc(Br)cc2F)cc1. The summed E-state index contributed by atoms with van der Waals surface area (Å²) in [5.74, 6) is -2.89. The van der Waals surface area contributed by atoms with Gasteiger partial charge in [-0.25, -0.2) is 9.18 Å². The van der Waals surface area contributed by atoms with Crippen LogP contribution < -0.4 is 11.1 Å². The summed E-state index contributed by atoms with van der Waals surface area (Å²) in [6, 6.07) is 9.71.